The zero-order valence-electron chi connectivity index (χ0n) is 12.2. The first-order chi connectivity index (χ1) is 9.51. The van der Waals surface area contributed by atoms with Crippen LogP contribution in [-0.4, -0.2) is 18.7 Å². The molecule has 0 aromatic heterocycles. The molecule has 1 aromatic rings. The highest BCUT2D eigenvalue weighted by Gasteiger charge is 2.38. The first-order valence-corrected chi connectivity index (χ1v) is 8.15. The summed E-state index contributed by atoms with van der Waals surface area (Å²) >= 11 is 3.16. The van der Waals surface area contributed by atoms with Gasteiger partial charge in [-0.1, -0.05) is 13.8 Å². The predicted molar refractivity (Wildman–Crippen MR) is 83.6 cm³/mol. The van der Waals surface area contributed by atoms with Crippen LogP contribution in [0.5, 0.6) is 5.75 Å². The van der Waals surface area contributed by atoms with E-state index in [1.165, 1.54) is 12.5 Å². The first-order valence-electron chi connectivity index (χ1n) is 7.35. The second-order valence-corrected chi connectivity index (χ2v) is 6.92. The van der Waals surface area contributed by atoms with E-state index in [1.807, 2.05) is 6.07 Å². The van der Waals surface area contributed by atoms with E-state index >= 15 is 0 Å². The summed E-state index contributed by atoms with van der Waals surface area (Å²) in [7, 11) is 0. The Morgan fingerprint density at radius 1 is 1.40 bits per heavy atom. The van der Waals surface area contributed by atoms with Crippen LogP contribution in [-0.2, 0) is 0 Å². The topological polar surface area (TPSA) is 21.3 Å². The Morgan fingerprint density at radius 2 is 2.15 bits per heavy atom. The summed E-state index contributed by atoms with van der Waals surface area (Å²) in [6, 6.07) is 4.99. The van der Waals surface area contributed by atoms with Crippen LogP contribution >= 0.6 is 15.9 Å². The average Bonchev–Trinajstić information content (AvgIpc) is 2.35. The van der Waals surface area contributed by atoms with E-state index in [1.54, 1.807) is 6.07 Å². The maximum absolute atomic E-state index is 13.5. The zero-order chi connectivity index (χ0) is 14.6. The quantitative estimate of drug-likeness (QED) is 0.734. The van der Waals surface area contributed by atoms with Crippen molar-refractivity contribution in [3.05, 3.63) is 28.5 Å². The molecular formula is C16H23BrFNO. The minimum absolute atomic E-state index is 0.0930. The van der Waals surface area contributed by atoms with Crippen LogP contribution in [0, 0.1) is 11.7 Å². The smallest absolute Gasteiger partial charge is 0.141 e. The molecule has 1 N–H and O–H groups in total. The Bertz CT molecular complexity index is 446. The van der Waals surface area contributed by atoms with Crippen molar-refractivity contribution in [1.29, 1.82) is 0 Å². The van der Waals surface area contributed by atoms with Gasteiger partial charge in [0.15, 0.2) is 0 Å². The summed E-state index contributed by atoms with van der Waals surface area (Å²) in [5.74, 6) is 1.03. The van der Waals surface area contributed by atoms with Gasteiger partial charge >= 0.3 is 0 Å². The number of benzene rings is 1. The fourth-order valence-electron chi connectivity index (χ4n) is 2.47. The number of rotatable bonds is 7. The van der Waals surface area contributed by atoms with E-state index in [4.69, 9.17) is 4.74 Å². The molecule has 0 spiro atoms. The summed E-state index contributed by atoms with van der Waals surface area (Å²) in [5.41, 5.74) is -0.0930. The van der Waals surface area contributed by atoms with Gasteiger partial charge in [-0.3, -0.25) is 0 Å². The molecule has 20 heavy (non-hydrogen) atoms. The molecule has 1 fully saturated rings. The van der Waals surface area contributed by atoms with Crippen LogP contribution in [0.1, 0.15) is 39.5 Å². The zero-order valence-corrected chi connectivity index (χ0v) is 13.8. The number of hydrogen-bond acceptors (Lipinski definition) is 2. The standard InChI is InChI=1S/C16H23BrFNO/c1-12(2)11-19-9-8-16(6-3-7-16)20-13-4-5-14(17)15(18)10-13/h4-5,10,12,19H,3,6-9,11H2,1-2H3. The Morgan fingerprint density at radius 3 is 2.70 bits per heavy atom. The van der Waals surface area contributed by atoms with Crippen LogP contribution in [0.2, 0.25) is 0 Å². The fraction of sp³-hybridized carbons (Fsp3) is 0.625. The molecule has 0 saturated heterocycles. The average molecular weight is 344 g/mol. The number of hydrogen-bond donors (Lipinski definition) is 1. The van der Waals surface area contributed by atoms with Gasteiger partial charge in [0.05, 0.1) is 4.47 Å². The highest BCUT2D eigenvalue weighted by atomic mass is 79.9. The molecule has 1 aromatic carbocycles. The molecule has 1 aliphatic rings. The van der Waals surface area contributed by atoms with Crippen molar-refractivity contribution >= 4 is 15.9 Å². The van der Waals surface area contributed by atoms with Crippen LogP contribution in [0.25, 0.3) is 0 Å². The third-order valence-corrected chi connectivity index (χ3v) is 4.44. The molecule has 0 radical (unpaired) electrons. The molecule has 112 valence electrons. The Balaban J connectivity index is 1.88. The van der Waals surface area contributed by atoms with Crippen molar-refractivity contribution in [2.45, 2.75) is 45.1 Å². The van der Waals surface area contributed by atoms with Crippen LogP contribution in [0.15, 0.2) is 22.7 Å². The fourth-order valence-corrected chi connectivity index (χ4v) is 2.72. The third-order valence-electron chi connectivity index (χ3n) is 3.80. The van der Waals surface area contributed by atoms with Gasteiger partial charge in [0.25, 0.3) is 0 Å². The van der Waals surface area contributed by atoms with Crippen molar-refractivity contribution in [3.63, 3.8) is 0 Å². The molecular weight excluding hydrogens is 321 g/mol. The van der Waals surface area contributed by atoms with E-state index in [9.17, 15) is 4.39 Å². The largest absolute Gasteiger partial charge is 0.487 e. The summed E-state index contributed by atoms with van der Waals surface area (Å²) < 4.78 is 20.1. The van der Waals surface area contributed by atoms with E-state index < -0.39 is 0 Å². The Hall–Kier alpha value is -0.610. The SMILES string of the molecule is CC(C)CNCCC1(Oc2ccc(Br)c(F)c2)CCC1. The normalized spacial score (nSPS) is 17.1. The van der Waals surface area contributed by atoms with Crippen molar-refractivity contribution in [2.24, 2.45) is 5.92 Å². The molecule has 1 saturated carbocycles. The molecule has 4 heteroatoms. The summed E-state index contributed by atoms with van der Waals surface area (Å²) in [6.45, 7) is 6.39. The highest BCUT2D eigenvalue weighted by molar-refractivity contribution is 9.10. The van der Waals surface area contributed by atoms with Gasteiger partial charge in [-0.25, -0.2) is 4.39 Å². The van der Waals surface area contributed by atoms with E-state index in [2.05, 4.69) is 35.1 Å². The number of ether oxygens (including phenoxy) is 1. The Kier molecular flexibility index (Phi) is 5.44. The monoisotopic (exact) mass is 343 g/mol. The van der Waals surface area contributed by atoms with Crippen molar-refractivity contribution in [2.75, 3.05) is 13.1 Å². The van der Waals surface area contributed by atoms with Crippen molar-refractivity contribution in [3.8, 4) is 5.75 Å². The van der Waals surface area contributed by atoms with E-state index in [-0.39, 0.29) is 11.4 Å². The summed E-state index contributed by atoms with van der Waals surface area (Å²) in [6.07, 6.45) is 4.31. The molecule has 0 amide bonds. The second-order valence-electron chi connectivity index (χ2n) is 6.06. The van der Waals surface area contributed by atoms with Gasteiger partial charge in [0, 0.05) is 6.07 Å². The van der Waals surface area contributed by atoms with E-state index in [0.29, 0.717) is 16.1 Å². The molecule has 0 unspecified atom stereocenters. The maximum Gasteiger partial charge on any atom is 0.141 e. The first kappa shape index (κ1) is 15.8. The van der Waals surface area contributed by atoms with Gasteiger partial charge in [0.1, 0.15) is 17.2 Å². The lowest BCUT2D eigenvalue weighted by Gasteiger charge is -2.42. The molecule has 0 aliphatic heterocycles. The summed E-state index contributed by atoms with van der Waals surface area (Å²) in [5, 5.41) is 3.45. The van der Waals surface area contributed by atoms with Gasteiger partial charge in [-0.05, 0) is 72.8 Å². The predicted octanol–water partition coefficient (Wildman–Crippen LogP) is 4.53. The lowest BCUT2D eigenvalue weighted by Crippen LogP contribution is -2.45. The van der Waals surface area contributed by atoms with Crippen LogP contribution in [0.4, 0.5) is 4.39 Å². The molecule has 2 nitrogen and oxygen atoms in total. The third kappa shape index (κ3) is 4.19. The molecule has 0 bridgehead atoms. The maximum atomic E-state index is 13.5. The molecule has 0 heterocycles. The number of nitrogens with one attached hydrogen (secondary N) is 1. The number of halogens is 2. The Labute approximate surface area is 129 Å². The van der Waals surface area contributed by atoms with Crippen LogP contribution < -0.4 is 10.1 Å². The van der Waals surface area contributed by atoms with Gasteiger partial charge in [-0.2, -0.15) is 0 Å². The highest BCUT2D eigenvalue weighted by Crippen LogP contribution is 2.39. The molecule has 0 atom stereocenters. The van der Waals surface area contributed by atoms with Crippen molar-refractivity contribution < 1.29 is 9.13 Å². The van der Waals surface area contributed by atoms with Gasteiger partial charge in [-0.15, -0.1) is 0 Å². The lowest BCUT2D eigenvalue weighted by atomic mass is 9.77. The minimum Gasteiger partial charge on any atom is -0.487 e. The molecule has 1 aliphatic carbocycles. The van der Waals surface area contributed by atoms with E-state index in [0.717, 1.165) is 32.4 Å². The summed E-state index contributed by atoms with van der Waals surface area (Å²) in [4.78, 5) is 0. The lowest BCUT2D eigenvalue weighted by molar-refractivity contribution is -0.0145. The van der Waals surface area contributed by atoms with Gasteiger partial charge < -0.3 is 10.1 Å². The minimum atomic E-state index is -0.269. The van der Waals surface area contributed by atoms with Gasteiger partial charge in [0.2, 0.25) is 0 Å². The van der Waals surface area contributed by atoms with Crippen LogP contribution in [0.3, 0.4) is 0 Å². The van der Waals surface area contributed by atoms with Crippen molar-refractivity contribution in [1.82, 2.24) is 5.32 Å². The molecule has 2 rings (SSSR count). The second kappa shape index (κ2) is 6.90.